The fourth-order valence-corrected chi connectivity index (χ4v) is 2.10. The maximum atomic E-state index is 12.1. The van der Waals surface area contributed by atoms with Crippen LogP contribution < -0.4 is 15.8 Å². The van der Waals surface area contributed by atoms with Crippen molar-refractivity contribution in [3.05, 3.63) is 54.1 Å². The van der Waals surface area contributed by atoms with Crippen molar-refractivity contribution in [3.63, 3.8) is 0 Å². The van der Waals surface area contributed by atoms with Crippen molar-refractivity contribution >= 4 is 17.3 Å². The van der Waals surface area contributed by atoms with Gasteiger partial charge in [-0.2, -0.15) is 0 Å². The zero-order valence-corrected chi connectivity index (χ0v) is 13.7. The molecule has 0 bridgehead atoms. The molecule has 4 heteroatoms. The number of nitrogen functional groups attached to an aromatic ring is 1. The molecule has 0 unspecified atom stereocenters. The van der Waals surface area contributed by atoms with E-state index in [1.54, 1.807) is 12.1 Å². The van der Waals surface area contributed by atoms with Gasteiger partial charge in [0.1, 0.15) is 5.75 Å². The Balaban J connectivity index is 1.89. The Hall–Kier alpha value is -2.49. The maximum Gasteiger partial charge on any atom is 0.228 e. The third-order valence-electron chi connectivity index (χ3n) is 3.43. The lowest BCUT2D eigenvalue weighted by atomic mass is 10.1. The van der Waals surface area contributed by atoms with Gasteiger partial charge < -0.3 is 15.8 Å². The van der Waals surface area contributed by atoms with Gasteiger partial charge in [0.25, 0.3) is 0 Å². The Morgan fingerprint density at radius 3 is 2.61 bits per heavy atom. The summed E-state index contributed by atoms with van der Waals surface area (Å²) in [6.45, 7) is 5.01. The fraction of sp³-hybridized carbons (Fsp3) is 0.316. The van der Waals surface area contributed by atoms with Gasteiger partial charge >= 0.3 is 0 Å². The topological polar surface area (TPSA) is 64.3 Å². The second kappa shape index (κ2) is 8.22. The first-order chi connectivity index (χ1) is 11.0. The number of carbonyl (C=O) groups excluding carboxylic acids is 1. The molecule has 2 aromatic rings. The lowest BCUT2D eigenvalue weighted by Gasteiger charge is -2.10. The summed E-state index contributed by atoms with van der Waals surface area (Å²) < 4.78 is 5.71. The third kappa shape index (κ3) is 6.02. The van der Waals surface area contributed by atoms with Gasteiger partial charge in [-0.3, -0.25) is 4.79 Å². The number of rotatable bonds is 7. The average molecular weight is 312 g/mol. The predicted molar refractivity (Wildman–Crippen MR) is 94.6 cm³/mol. The van der Waals surface area contributed by atoms with E-state index >= 15 is 0 Å². The van der Waals surface area contributed by atoms with Crippen molar-refractivity contribution in [1.82, 2.24) is 0 Å². The molecule has 122 valence electrons. The monoisotopic (exact) mass is 312 g/mol. The molecular weight excluding hydrogens is 288 g/mol. The molecule has 4 nitrogen and oxygen atoms in total. The highest BCUT2D eigenvalue weighted by Crippen LogP contribution is 2.18. The highest BCUT2D eigenvalue weighted by atomic mass is 16.5. The predicted octanol–water partition coefficient (Wildman–Crippen LogP) is 3.87. The molecule has 0 atom stereocenters. The first-order valence-corrected chi connectivity index (χ1v) is 7.90. The summed E-state index contributed by atoms with van der Waals surface area (Å²) in [7, 11) is 0. The molecule has 3 N–H and O–H groups in total. The number of nitrogens with two attached hydrogens (primary N) is 1. The summed E-state index contributed by atoms with van der Waals surface area (Å²) >= 11 is 0. The molecule has 0 aromatic heterocycles. The third-order valence-corrected chi connectivity index (χ3v) is 3.43. The van der Waals surface area contributed by atoms with Crippen LogP contribution in [0, 0.1) is 5.92 Å². The van der Waals surface area contributed by atoms with E-state index in [-0.39, 0.29) is 5.91 Å². The summed E-state index contributed by atoms with van der Waals surface area (Å²) in [5, 5.41) is 2.89. The smallest absolute Gasteiger partial charge is 0.228 e. The number of carbonyl (C=O) groups is 1. The van der Waals surface area contributed by atoms with Crippen molar-refractivity contribution in [2.24, 2.45) is 5.92 Å². The average Bonchev–Trinajstić information content (AvgIpc) is 2.49. The van der Waals surface area contributed by atoms with Crippen LogP contribution >= 0.6 is 0 Å². The van der Waals surface area contributed by atoms with Gasteiger partial charge in [0, 0.05) is 17.4 Å². The van der Waals surface area contributed by atoms with Crippen LogP contribution in [-0.4, -0.2) is 12.5 Å². The van der Waals surface area contributed by atoms with Crippen LogP contribution in [0.15, 0.2) is 48.5 Å². The Kier molecular flexibility index (Phi) is 6.03. The van der Waals surface area contributed by atoms with Crippen LogP contribution in [0.25, 0.3) is 0 Å². The SMILES string of the molecule is CC(C)CCOc1cccc(NC(=O)Cc2ccc(N)cc2)c1. The minimum Gasteiger partial charge on any atom is -0.494 e. The van der Waals surface area contributed by atoms with Gasteiger partial charge in [-0.1, -0.05) is 32.0 Å². The molecule has 23 heavy (non-hydrogen) atoms. The summed E-state index contributed by atoms with van der Waals surface area (Å²) in [5.41, 5.74) is 8.01. The highest BCUT2D eigenvalue weighted by molar-refractivity contribution is 5.92. The molecule has 0 saturated carbocycles. The highest BCUT2D eigenvalue weighted by Gasteiger charge is 2.05. The van der Waals surface area contributed by atoms with E-state index in [1.165, 1.54) is 0 Å². The lowest BCUT2D eigenvalue weighted by molar-refractivity contribution is -0.115. The van der Waals surface area contributed by atoms with Gasteiger partial charge in [0.05, 0.1) is 13.0 Å². The molecule has 0 radical (unpaired) electrons. The summed E-state index contributed by atoms with van der Waals surface area (Å²) in [4.78, 5) is 12.1. The van der Waals surface area contributed by atoms with Crippen LogP contribution in [0.5, 0.6) is 5.75 Å². The molecule has 1 amide bonds. The first kappa shape index (κ1) is 16.9. The zero-order valence-electron chi connectivity index (χ0n) is 13.7. The Labute approximate surface area is 137 Å². The van der Waals surface area contributed by atoms with Crippen molar-refractivity contribution in [2.75, 3.05) is 17.7 Å². The summed E-state index contributed by atoms with van der Waals surface area (Å²) in [6.07, 6.45) is 1.33. The van der Waals surface area contributed by atoms with Crippen LogP contribution in [0.3, 0.4) is 0 Å². The molecule has 0 spiro atoms. The number of hydrogen-bond donors (Lipinski definition) is 2. The second-order valence-electron chi connectivity index (χ2n) is 6.03. The molecule has 0 fully saturated rings. The minimum atomic E-state index is -0.0610. The van der Waals surface area contributed by atoms with E-state index in [2.05, 4.69) is 19.2 Å². The van der Waals surface area contributed by atoms with Crippen LogP contribution in [0.2, 0.25) is 0 Å². The van der Waals surface area contributed by atoms with E-state index in [9.17, 15) is 4.79 Å². The number of anilines is 2. The second-order valence-corrected chi connectivity index (χ2v) is 6.03. The number of ether oxygens (including phenoxy) is 1. The van der Waals surface area contributed by atoms with E-state index in [0.717, 1.165) is 23.4 Å². The van der Waals surface area contributed by atoms with Crippen molar-refractivity contribution in [2.45, 2.75) is 26.7 Å². The standard InChI is InChI=1S/C19H24N2O2/c1-14(2)10-11-23-18-5-3-4-17(13-18)21-19(22)12-15-6-8-16(20)9-7-15/h3-9,13-14H,10-12,20H2,1-2H3,(H,21,22). The summed E-state index contributed by atoms with van der Waals surface area (Å²) in [6, 6.07) is 14.8. The first-order valence-electron chi connectivity index (χ1n) is 7.90. The van der Waals surface area contributed by atoms with E-state index < -0.39 is 0 Å². The molecule has 0 heterocycles. The van der Waals surface area contributed by atoms with E-state index in [4.69, 9.17) is 10.5 Å². The fourth-order valence-electron chi connectivity index (χ4n) is 2.10. The van der Waals surface area contributed by atoms with Crippen molar-refractivity contribution < 1.29 is 9.53 Å². The molecule has 2 rings (SSSR count). The van der Waals surface area contributed by atoms with Crippen molar-refractivity contribution in [1.29, 1.82) is 0 Å². The largest absolute Gasteiger partial charge is 0.494 e. The lowest BCUT2D eigenvalue weighted by Crippen LogP contribution is -2.14. The number of amides is 1. The Bertz CT molecular complexity index is 636. The van der Waals surface area contributed by atoms with Gasteiger partial charge in [0.15, 0.2) is 0 Å². The van der Waals surface area contributed by atoms with Crippen LogP contribution in [0.1, 0.15) is 25.8 Å². The van der Waals surface area contributed by atoms with Gasteiger partial charge in [-0.25, -0.2) is 0 Å². The van der Waals surface area contributed by atoms with E-state index in [0.29, 0.717) is 24.6 Å². The maximum absolute atomic E-state index is 12.1. The van der Waals surface area contributed by atoms with Gasteiger partial charge in [-0.15, -0.1) is 0 Å². The number of benzene rings is 2. The van der Waals surface area contributed by atoms with Crippen LogP contribution in [0.4, 0.5) is 11.4 Å². The molecule has 0 aliphatic heterocycles. The van der Waals surface area contributed by atoms with E-state index in [1.807, 2.05) is 36.4 Å². The number of hydrogen-bond acceptors (Lipinski definition) is 3. The zero-order chi connectivity index (χ0) is 16.7. The molecule has 0 saturated heterocycles. The van der Waals surface area contributed by atoms with Crippen LogP contribution in [-0.2, 0) is 11.2 Å². The van der Waals surface area contributed by atoms with Gasteiger partial charge in [-0.05, 0) is 42.2 Å². The number of nitrogens with one attached hydrogen (secondary N) is 1. The van der Waals surface area contributed by atoms with Crippen molar-refractivity contribution in [3.8, 4) is 5.75 Å². The Morgan fingerprint density at radius 2 is 1.91 bits per heavy atom. The quantitative estimate of drug-likeness (QED) is 0.763. The minimum absolute atomic E-state index is 0.0610. The molecular formula is C19H24N2O2. The molecule has 2 aromatic carbocycles. The molecule has 0 aliphatic rings. The summed E-state index contributed by atoms with van der Waals surface area (Å²) in [5.74, 6) is 1.32. The van der Waals surface area contributed by atoms with Gasteiger partial charge in [0.2, 0.25) is 5.91 Å². The normalized spacial score (nSPS) is 10.6. The molecule has 0 aliphatic carbocycles. The Morgan fingerprint density at radius 1 is 1.17 bits per heavy atom.